The first kappa shape index (κ1) is 16.6. The van der Waals surface area contributed by atoms with Crippen LogP contribution in [0, 0.1) is 0 Å². The smallest absolute Gasteiger partial charge is 0.276 e. The van der Waals surface area contributed by atoms with Crippen LogP contribution in [0.4, 0.5) is 0 Å². The molecule has 114 valence electrons. The molecule has 0 radical (unpaired) electrons. The van der Waals surface area contributed by atoms with Crippen LogP contribution in [0.15, 0.2) is 33.9 Å². The summed E-state index contributed by atoms with van der Waals surface area (Å²) >= 11 is 7.43. The molecular weight excluding hydrogens is 329 g/mol. The number of thioether (sulfide) groups is 1. The van der Waals surface area contributed by atoms with Crippen LogP contribution in [0.3, 0.4) is 0 Å². The number of benzene rings is 1. The van der Waals surface area contributed by atoms with E-state index in [-0.39, 0.29) is 12.4 Å². The SMILES string of the molecule is Cl.Clc1ccc(CSc2nnc(C3CCNCC3)o2)cc1. The zero-order valence-electron chi connectivity index (χ0n) is 11.4. The first-order valence-electron chi connectivity index (χ1n) is 6.72. The quantitative estimate of drug-likeness (QED) is 0.851. The summed E-state index contributed by atoms with van der Waals surface area (Å²) in [4.78, 5) is 0. The van der Waals surface area contributed by atoms with Gasteiger partial charge in [0.2, 0.25) is 5.89 Å². The predicted molar refractivity (Wildman–Crippen MR) is 87.4 cm³/mol. The van der Waals surface area contributed by atoms with E-state index in [9.17, 15) is 0 Å². The lowest BCUT2D eigenvalue weighted by atomic mass is 9.98. The Morgan fingerprint density at radius 2 is 1.90 bits per heavy atom. The molecule has 0 unspecified atom stereocenters. The van der Waals surface area contributed by atoms with Gasteiger partial charge in [-0.05, 0) is 43.6 Å². The van der Waals surface area contributed by atoms with Crippen molar-refractivity contribution in [2.45, 2.75) is 29.7 Å². The van der Waals surface area contributed by atoms with Crippen molar-refractivity contribution >= 4 is 35.8 Å². The first-order valence-corrected chi connectivity index (χ1v) is 8.09. The fourth-order valence-electron chi connectivity index (χ4n) is 2.24. The van der Waals surface area contributed by atoms with E-state index in [2.05, 4.69) is 15.5 Å². The number of halogens is 2. The maximum Gasteiger partial charge on any atom is 0.276 e. The highest BCUT2D eigenvalue weighted by atomic mass is 35.5. The number of aromatic nitrogens is 2. The van der Waals surface area contributed by atoms with Crippen molar-refractivity contribution in [1.29, 1.82) is 0 Å². The van der Waals surface area contributed by atoms with Gasteiger partial charge in [0.15, 0.2) is 0 Å². The maximum atomic E-state index is 5.87. The maximum absolute atomic E-state index is 5.87. The monoisotopic (exact) mass is 345 g/mol. The van der Waals surface area contributed by atoms with E-state index in [1.165, 1.54) is 5.56 Å². The van der Waals surface area contributed by atoms with Crippen LogP contribution in [0.2, 0.25) is 5.02 Å². The van der Waals surface area contributed by atoms with E-state index in [1.54, 1.807) is 11.8 Å². The van der Waals surface area contributed by atoms with E-state index in [0.717, 1.165) is 42.6 Å². The third-order valence-electron chi connectivity index (χ3n) is 3.39. The van der Waals surface area contributed by atoms with Crippen molar-refractivity contribution in [3.63, 3.8) is 0 Å². The first-order chi connectivity index (χ1) is 9.81. The fraction of sp³-hybridized carbons (Fsp3) is 0.429. The zero-order chi connectivity index (χ0) is 13.8. The summed E-state index contributed by atoms with van der Waals surface area (Å²) in [6.07, 6.45) is 2.15. The van der Waals surface area contributed by atoms with Gasteiger partial charge in [-0.25, -0.2) is 0 Å². The minimum atomic E-state index is 0. The molecule has 1 aliphatic rings. The van der Waals surface area contributed by atoms with Crippen molar-refractivity contribution in [3.8, 4) is 0 Å². The van der Waals surface area contributed by atoms with Gasteiger partial charge >= 0.3 is 0 Å². The molecule has 21 heavy (non-hydrogen) atoms. The number of rotatable bonds is 4. The molecule has 1 aromatic heterocycles. The van der Waals surface area contributed by atoms with E-state index >= 15 is 0 Å². The van der Waals surface area contributed by atoms with E-state index in [4.69, 9.17) is 16.0 Å². The summed E-state index contributed by atoms with van der Waals surface area (Å²) in [6.45, 7) is 2.06. The van der Waals surface area contributed by atoms with Gasteiger partial charge in [-0.1, -0.05) is 35.5 Å². The molecule has 1 aromatic carbocycles. The second kappa shape index (κ2) is 8.03. The third-order valence-corrected chi connectivity index (χ3v) is 4.53. The normalized spacial score (nSPS) is 15.7. The zero-order valence-corrected chi connectivity index (χ0v) is 13.8. The number of hydrogen-bond donors (Lipinski definition) is 1. The summed E-state index contributed by atoms with van der Waals surface area (Å²) in [6, 6.07) is 7.82. The molecule has 4 nitrogen and oxygen atoms in total. The number of nitrogens with one attached hydrogen (secondary N) is 1. The van der Waals surface area contributed by atoms with Gasteiger partial charge in [0.05, 0.1) is 0 Å². The summed E-state index contributed by atoms with van der Waals surface area (Å²) in [5, 5.41) is 13.0. The van der Waals surface area contributed by atoms with Crippen LogP contribution in [0.1, 0.15) is 30.2 Å². The Kier molecular flexibility index (Phi) is 6.36. The average molecular weight is 346 g/mol. The van der Waals surface area contributed by atoms with Gasteiger partial charge in [-0.2, -0.15) is 0 Å². The molecule has 0 saturated carbocycles. The minimum Gasteiger partial charge on any atom is -0.416 e. The molecule has 0 aliphatic carbocycles. The van der Waals surface area contributed by atoms with Crippen molar-refractivity contribution in [1.82, 2.24) is 15.5 Å². The summed E-state index contributed by atoms with van der Waals surface area (Å²) in [5.41, 5.74) is 1.20. The molecule has 2 aromatic rings. The molecule has 0 atom stereocenters. The highest BCUT2D eigenvalue weighted by Crippen LogP contribution is 2.28. The lowest BCUT2D eigenvalue weighted by molar-refractivity contribution is 0.342. The van der Waals surface area contributed by atoms with Gasteiger partial charge < -0.3 is 9.73 Å². The van der Waals surface area contributed by atoms with Crippen molar-refractivity contribution < 1.29 is 4.42 Å². The van der Waals surface area contributed by atoms with Crippen LogP contribution in [-0.2, 0) is 5.75 Å². The predicted octanol–water partition coefficient (Wildman–Crippen LogP) is 3.90. The van der Waals surface area contributed by atoms with E-state index < -0.39 is 0 Å². The molecule has 7 heteroatoms. The number of hydrogen-bond acceptors (Lipinski definition) is 5. The van der Waals surface area contributed by atoms with Crippen molar-refractivity contribution in [3.05, 3.63) is 40.7 Å². The molecule has 1 N–H and O–H groups in total. The Bertz CT molecular complexity index is 556. The molecule has 0 bridgehead atoms. The molecule has 1 aliphatic heterocycles. The number of nitrogens with zero attached hydrogens (tertiary/aromatic N) is 2. The third kappa shape index (κ3) is 4.61. The Labute approximate surface area is 139 Å². The molecule has 2 heterocycles. The lowest BCUT2D eigenvalue weighted by Gasteiger charge is -2.18. The van der Waals surface area contributed by atoms with Crippen LogP contribution in [-0.4, -0.2) is 23.3 Å². The topological polar surface area (TPSA) is 51.0 Å². The number of piperidine rings is 1. The summed E-state index contributed by atoms with van der Waals surface area (Å²) in [5.74, 6) is 2.00. The minimum absolute atomic E-state index is 0. The molecule has 0 amide bonds. The van der Waals surface area contributed by atoms with E-state index in [0.29, 0.717) is 11.1 Å². The second-order valence-corrected chi connectivity index (χ2v) is 6.21. The highest BCUT2D eigenvalue weighted by molar-refractivity contribution is 7.98. The van der Waals surface area contributed by atoms with Gasteiger partial charge in [-0.3, -0.25) is 0 Å². The van der Waals surface area contributed by atoms with Gasteiger partial charge in [0, 0.05) is 16.7 Å². The lowest BCUT2D eigenvalue weighted by Crippen LogP contribution is -2.26. The largest absolute Gasteiger partial charge is 0.416 e. The molecule has 3 rings (SSSR count). The molecule has 1 fully saturated rings. The average Bonchev–Trinajstić information content (AvgIpc) is 2.97. The van der Waals surface area contributed by atoms with Gasteiger partial charge in [-0.15, -0.1) is 22.6 Å². The van der Waals surface area contributed by atoms with E-state index in [1.807, 2.05) is 24.3 Å². The van der Waals surface area contributed by atoms with Crippen LogP contribution in [0.5, 0.6) is 0 Å². The van der Waals surface area contributed by atoms with Crippen molar-refractivity contribution in [2.75, 3.05) is 13.1 Å². The Morgan fingerprint density at radius 3 is 2.62 bits per heavy atom. The van der Waals surface area contributed by atoms with Crippen LogP contribution >= 0.6 is 35.8 Å². The van der Waals surface area contributed by atoms with Gasteiger partial charge in [0.1, 0.15) is 0 Å². The second-order valence-electron chi connectivity index (χ2n) is 4.85. The molecule has 1 saturated heterocycles. The Balaban J connectivity index is 0.00000161. The summed E-state index contributed by atoms with van der Waals surface area (Å²) < 4.78 is 5.76. The summed E-state index contributed by atoms with van der Waals surface area (Å²) in [7, 11) is 0. The van der Waals surface area contributed by atoms with Crippen LogP contribution < -0.4 is 5.32 Å². The van der Waals surface area contributed by atoms with Crippen molar-refractivity contribution in [2.24, 2.45) is 0 Å². The highest BCUT2D eigenvalue weighted by Gasteiger charge is 2.21. The standard InChI is InChI=1S/C14H16ClN3OS.ClH/c15-12-3-1-10(2-4-12)9-20-14-18-17-13(19-14)11-5-7-16-8-6-11;/h1-4,11,16H,5-9H2;1H. The molecule has 0 spiro atoms. The Hall–Kier alpha value is -0.750. The van der Waals surface area contributed by atoms with Gasteiger partial charge in [0.25, 0.3) is 5.22 Å². The molecular formula is C14H17Cl2N3OS. The Morgan fingerprint density at radius 1 is 1.19 bits per heavy atom. The van der Waals surface area contributed by atoms with Crippen LogP contribution in [0.25, 0.3) is 0 Å². The fourth-order valence-corrected chi connectivity index (χ4v) is 3.09.